The van der Waals surface area contributed by atoms with Gasteiger partial charge in [0, 0.05) is 12.6 Å². The van der Waals surface area contributed by atoms with Crippen molar-refractivity contribution in [1.82, 2.24) is 4.90 Å². The molecule has 0 spiro atoms. The van der Waals surface area contributed by atoms with Gasteiger partial charge >= 0.3 is 18.0 Å². The third kappa shape index (κ3) is 2.69. The Morgan fingerprint density at radius 2 is 1.65 bits per heavy atom. The van der Waals surface area contributed by atoms with Gasteiger partial charge in [0.25, 0.3) is 0 Å². The molecular formula is C10H14F5NO. The van der Waals surface area contributed by atoms with E-state index in [1.807, 2.05) is 0 Å². The normalized spacial score (nSPS) is 27.1. The zero-order valence-electron chi connectivity index (χ0n) is 9.52. The van der Waals surface area contributed by atoms with Crippen LogP contribution >= 0.6 is 0 Å². The number of alkyl halides is 5. The summed E-state index contributed by atoms with van der Waals surface area (Å²) in [7, 11) is 0. The Bertz CT molecular complexity index is 302. The van der Waals surface area contributed by atoms with Crippen LogP contribution in [0.3, 0.4) is 0 Å². The third-order valence-corrected chi connectivity index (χ3v) is 3.00. The highest BCUT2D eigenvalue weighted by Crippen LogP contribution is 2.38. The first kappa shape index (κ1) is 14.2. The molecule has 2 unspecified atom stereocenters. The lowest BCUT2D eigenvalue weighted by atomic mass is 9.94. The van der Waals surface area contributed by atoms with E-state index in [2.05, 4.69) is 0 Å². The van der Waals surface area contributed by atoms with Crippen LogP contribution in [0.4, 0.5) is 22.0 Å². The second-order valence-corrected chi connectivity index (χ2v) is 4.56. The molecule has 0 aromatic rings. The number of hydrogen-bond acceptors (Lipinski definition) is 1. The molecule has 2 atom stereocenters. The van der Waals surface area contributed by atoms with Crippen molar-refractivity contribution in [1.29, 1.82) is 0 Å². The van der Waals surface area contributed by atoms with Crippen LogP contribution in [-0.4, -0.2) is 35.5 Å². The number of likely N-dealkylation sites (tertiary alicyclic amines) is 1. The lowest BCUT2D eigenvalue weighted by Gasteiger charge is -2.38. The van der Waals surface area contributed by atoms with Gasteiger partial charge in [0.2, 0.25) is 0 Å². The monoisotopic (exact) mass is 259 g/mol. The topological polar surface area (TPSA) is 20.3 Å². The van der Waals surface area contributed by atoms with Gasteiger partial charge in [-0.25, -0.2) is 0 Å². The van der Waals surface area contributed by atoms with Gasteiger partial charge in [-0.3, -0.25) is 4.79 Å². The molecule has 0 bridgehead atoms. The van der Waals surface area contributed by atoms with Crippen molar-refractivity contribution in [2.24, 2.45) is 5.92 Å². The van der Waals surface area contributed by atoms with Crippen LogP contribution in [0.25, 0.3) is 0 Å². The first-order valence-corrected chi connectivity index (χ1v) is 5.33. The number of rotatable bonds is 1. The van der Waals surface area contributed by atoms with E-state index >= 15 is 0 Å². The van der Waals surface area contributed by atoms with Crippen molar-refractivity contribution in [3.05, 3.63) is 0 Å². The Morgan fingerprint density at radius 1 is 1.12 bits per heavy atom. The maximum absolute atomic E-state index is 12.9. The number of halogens is 5. The molecule has 7 heteroatoms. The van der Waals surface area contributed by atoms with Crippen molar-refractivity contribution in [2.45, 2.75) is 44.8 Å². The molecule has 0 aromatic carbocycles. The van der Waals surface area contributed by atoms with Gasteiger partial charge in [0.1, 0.15) is 0 Å². The quantitative estimate of drug-likeness (QED) is 0.663. The minimum Gasteiger partial charge on any atom is -0.334 e. The van der Waals surface area contributed by atoms with Gasteiger partial charge < -0.3 is 4.90 Å². The average Bonchev–Trinajstić information content (AvgIpc) is 2.19. The highest BCUT2D eigenvalue weighted by molar-refractivity contribution is 5.84. The van der Waals surface area contributed by atoms with Crippen molar-refractivity contribution in [3.63, 3.8) is 0 Å². The molecule has 1 heterocycles. The van der Waals surface area contributed by atoms with Crippen molar-refractivity contribution in [2.75, 3.05) is 6.54 Å². The molecule has 1 saturated heterocycles. The predicted octanol–water partition coefficient (Wildman–Crippen LogP) is 2.83. The number of hydrogen-bond donors (Lipinski definition) is 0. The number of carbonyl (C=O) groups is 1. The molecular weight excluding hydrogens is 245 g/mol. The summed E-state index contributed by atoms with van der Waals surface area (Å²) in [6.45, 7) is 3.15. The molecule has 1 aliphatic rings. The summed E-state index contributed by atoms with van der Waals surface area (Å²) >= 11 is 0. The van der Waals surface area contributed by atoms with Crippen LogP contribution in [0.5, 0.6) is 0 Å². The van der Waals surface area contributed by atoms with Crippen LogP contribution in [0, 0.1) is 5.92 Å². The van der Waals surface area contributed by atoms with E-state index < -0.39 is 24.0 Å². The molecule has 2 nitrogen and oxygen atoms in total. The van der Waals surface area contributed by atoms with E-state index in [9.17, 15) is 26.7 Å². The standard InChI is InChI=1S/C10H14F5NO/c1-6-3-4-7(2)16(5-6)8(17)9(11,12)10(13,14)15/h6-7H,3-5H2,1-2H3. The summed E-state index contributed by atoms with van der Waals surface area (Å²) in [6.07, 6.45) is -4.66. The number of carbonyl (C=O) groups excluding carboxylic acids is 1. The second kappa shape index (κ2) is 4.42. The summed E-state index contributed by atoms with van der Waals surface area (Å²) < 4.78 is 62.0. The first-order valence-electron chi connectivity index (χ1n) is 5.33. The Kier molecular flexibility index (Phi) is 3.69. The van der Waals surface area contributed by atoms with E-state index in [0.717, 1.165) is 6.42 Å². The fourth-order valence-corrected chi connectivity index (χ4v) is 1.87. The smallest absolute Gasteiger partial charge is 0.334 e. The van der Waals surface area contributed by atoms with Gasteiger partial charge in [0.05, 0.1) is 0 Å². The lowest BCUT2D eigenvalue weighted by Crippen LogP contribution is -2.56. The molecule has 1 amide bonds. The van der Waals surface area contributed by atoms with Crippen molar-refractivity contribution < 1.29 is 26.7 Å². The van der Waals surface area contributed by atoms with Gasteiger partial charge in [-0.05, 0) is 25.7 Å². The fourth-order valence-electron chi connectivity index (χ4n) is 1.87. The zero-order valence-corrected chi connectivity index (χ0v) is 9.52. The van der Waals surface area contributed by atoms with E-state index in [0.29, 0.717) is 11.3 Å². The Balaban J connectivity index is 2.88. The Labute approximate surface area is 95.8 Å². The predicted molar refractivity (Wildman–Crippen MR) is 50.6 cm³/mol. The summed E-state index contributed by atoms with van der Waals surface area (Å²) in [6, 6.07) is -0.577. The molecule has 1 aliphatic heterocycles. The van der Waals surface area contributed by atoms with Crippen LogP contribution in [-0.2, 0) is 4.79 Å². The Hall–Kier alpha value is -0.880. The van der Waals surface area contributed by atoms with Gasteiger partial charge in [-0.1, -0.05) is 6.92 Å². The summed E-state index contributed by atoms with van der Waals surface area (Å²) in [4.78, 5) is 11.9. The van der Waals surface area contributed by atoms with Crippen LogP contribution < -0.4 is 0 Å². The maximum atomic E-state index is 12.9. The molecule has 0 N–H and O–H groups in total. The summed E-state index contributed by atoms with van der Waals surface area (Å²) in [5, 5.41) is 0. The first-order chi connectivity index (χ1) is 7.57. The van der Waals surface area contributed by atoms with E-state index in [1.165, 1.54) is 6.92 Å². The molecule has 1 rings (SSSR count). The van der Waals surface area contributed by atoms with Crippen molar-refractivity contribution >= 4 is 5.91 Å². The van der Waals surface area contributed by atoms with Gasteiger partial charge in [-0.2, -0.15) is 22.0 Å². The third-order valence-electron chi connectivity index (χ3n) is 3.00. The van der Waals surface area contributed by atoms with Crippen LogP contribution in [0.15, 0.2) is 0 Å². The van der Waals surface area contributed by atoms with Crippen molar-refractivity contribution in [3.8, 4) is 0 Å². The van der Waals surface area contributed by atoms with E-state index in [4.69, 9.17) is 0 Å². The fraction of sp³-hybridized carbons (Fsp3) is 0.900. The van der Waals surface area contributed by atoms with Crippen LogP contribution in [0.1, 0.15) is 26.7 Å². The van der Waals surface area contributed by atoms with E-state index in [-0.39, 0.29) is 12.5 Å². The highest BCUT2D eigenvalue weighted by atomic mass is 19.4. The lowest BCUT2D eigenvalue weighted by molar-refractivity contribution is -0.275. The highest BCUT2D eigenvalue weighted by Gasteiger charge is 2.65. The van der Waals surface area contributed by atoms with Gasteiger partial charge in [-0.15, -0.1) is 0 Å². The molecule has 17 heavy (non-hydrogen) atoms. The molecule has 0 aliphatic carbocycles. The molecule has 100 valence electrons. The zero-order chi connectivity index (χ0) is 13.4. The number of piperidine rings is 1. The minimum atomic E-state index is -5.83. The molecule has 0 aromatic heterocycles. The van der Waals surface area contributed by atoms with E-state index in [1.54, 1.807) is 6.92 Å². The van der Waals surface area contributed by atoms with Gasteiger partial charge in [0.15, 0.2) is 0 Å². The van der Waals surface area contributed by atoms with Crippen LogP contribution in [0.2, 0.25) is 0 Å². The second-order valence-electron chi connectivity index (χ2n) is 4.56. The maximum Gasteiger partial charge on any atom is 0.463 e. The minimum absolute atomic E-state index is 0.0499. The Morgan fingerprint density at radius 3 is 2.12 bits per heavy atom. The SMILES string of the molecule is CC1CCC(C)N(C(=O)C(F)(F)C(F)(F)F)C1. The summed E-state index contributed by atoms with van der Waals surface area (Å²) in [5.41, 5.74) is 0. The molecule has 1 fully saturated rings. The number of nitrogens with zero attached hydrogens (tertiary/aromatic N) is 1. The summed E-state index contributed by atoms with van der Waals surface area (Å²) in [5.74, 6) is -7.48. The molecule has 0 saturated carbocycles. The molecule has 0 radical (unpaired) electrons. The largest absolute Gasteiger partial charge is 0.463 e. The number of amides is 1. The average molecular weight is 259 g/mol.